The third-order valence-corrected chi connectivity index (χ3v) is 7.29. The Kier molecular flexibility index (Phi) is 10.6. The zero-order chi connectivity index (χ0) is 22.6. The highest BCUT2D eigenvalue weighted by Gasteiger charge is 2.24. The molecule has 0 N–H and O–H groups in total. The van der Waals surface area contributed by atoms with Crippen LogP contribution in [0.1, 0.15) is 121 Å². The number of halogens is 1. The van der Waals surface area contributed by atoms with Gasteiger partial charge in [0, 0.05) is 18.0 Å². The normalized spacial score (nSPS) is 18.7. The van der Waals surface area contributed by atoms with E-state index in [0.717, 1.165) is 36.3 Å². The molecule has 1 aliphatic rings. The van der Waals surface area contributed by atoms with E-state index < -0.39 is 0 Å². The first-order valence-corrected chi connectivity index (χ1v) is 13.3. The van der Waals surface area contributed by atoms with Crippen molar-refractivity contribution in [3.63, 3.8) is 0 Å². The molecule has 0 unspecified atom stereocenters. The predicted octanol–water partition coefficient (Wildman–Crippen LogP) is 9.04. The van der Waals surface area contributed by atoms with Gasteiger partial charge in [0.1, 0.15) is 5.82 Å². The second-order valence-electron chi connectivity index (χ2n) is 9.88. The van der Waals surface area contributed by atoms with Crippen LogP contribution >= 0.6 is 0 Å². The van der Waals surface area contributed by atoms with Crippen molar-refractivity contribution in [3.05, 3.63) is 47.5 Å². The summed E-state index contributed by atoms with van der Waals surface area (Å²) in [6.45, 7) is 4.51. The van der Waals surface area contributed by atoms with Gasteiger partial charge in [-0.25, -0.2) is 14.4 Å². The van der Waals surface area contributed by atoms with Gasteiger partial charge in [0.2, 0.25) is 0 Å². The van der Waals surface area contributed by atoms with E-state index in [4.69, 9.17) is 0 Å². The topological polar surface area (TPSA) is 25.8 Å². The van der Waals surface area contributed by atoms with Gasteiger partial charge in [-0.1, -0.05) is 83.8 Å². The SMILES string of the molecule is CCCCCCCCc1cnc(-c2ccc(C3CCC(CCCCC)CC3)c(F)c2)nc1. The average molecular weight is 439 g/mol. The zero-order valence-corrected chi connectivity index (χ0v) is 20.4. The Labute approximate surface area is 195 Å². The summed E-state index contributed by atoms with van der Waals surface area (Å²) in [5, 5.41) is 0. The smallest absolute Gasteiger partial charge is 0.159 e. The van der Waals surface area contributed by atoms with Crippen molar-refractivity contribution in [3.8, 4) is 11.4 Å². The lowest BCUT2D eigenvalue weighted by Crippen LogP contribution is -2.14. The van der Waals surface area contributed by atoms with Gasteiger partial charge >= 0.3 is 0 Å². The molecule has 1 saturated carbocycles. The molecule has 3 heteroatoms. The molecule has 0 bridgehead atoms. The van der Waals surface area contributed by atoms with Gasteiger partial charge in [0.25, 0.3) is 0 Å². The summed E-state index contributed by atoms with van der Waals surface area (Å²) in [6.07, 6.45) is 22.7. The maximum atomic E-state index is 15.0. The standard InChI is InChI=1S/C29H43FN2/c1-3-5-7-8-9-11-13-24-21-31-29(32-22-24)26-18-19-27(28(30)20-26)25-16-14-23(15-17-25)12-10-6-4-2/h18-23,25H,3-17H2,1-2H3. The third kappa shape index (κ3) is 7.67. The Morgan fingerprint density at radius 3 is 2.16 bits per heavy atom. The largest absolute Gasteiger partial charge is 0.236 e. The van der Waals surface area contributed by atoms with E-state index in [1.165, 1.54) is 82.6 Å². The molecule has 2 nitrogen and oxygen atoms in total. The van der Waals surface area contributed by atoms with Crippen LogP contribution in [0.4, 0.5) is 4.39 Å². The Bertz CT molecular complexity index is 778. The number of nitrogens with zero attached hydrogens (tertiary/aromatic N) is 2. The summed E-state index contributed by atoms with van der Waals surface area (Å²) in [4.78, 5) is 9.06. The highest BCUT2D eigenvalue weighted by molar-refractivity contribution is 5.55. The van der Waals surface area contributed by atoms with E-state index in [1.54, 1.807) is 6.07 Å². The Balaban J connectivity index is 1.49. The monoisotopic (exact) mass is 438 g/mol. The summed E-state index contributed by atoms with van der Waals surface area (Å²) >= 11 is 0. The molecule has 0 aliphatic heterocycles. The number of hydrogen-bond acceptors (Lipinski definition) is 2. The molecule has 0 radical (unpaired) electrons. The number of aromatic nitrogens is 2. The van der Waals surface area contributed by atoms with Gasteiger partial charge in [0.15, 0.2) is 5.82 Å². The van der Waals surface area contributed by atoms with Crippen molar-refractivity contribution in [1.82, 2.24) is 9.97 Å². The molecular formula is C29H43FN2. The van der Waals surface area contributed by atoms with Crippen molar-refractivity contribution in [2.75, 3.05) is 0 Å². The molecule has 0 saturated heterocycles. The van der Waals surface area contributed by atoms with Gasteiger partial charge in [-0.05, 0) is 67.6 Å². The number of unbranched alkanes of at least 4 members (excludes halogenated alkanes) is 7. The van der Waals surface area contributed by atoms with E-state index in [1.807, 2.05) is 24.5 Å². The van der Waals surface area contributed by atoms with Gasteiger partial charge in [0.05, 0.1) is 0 Å². The van der Waals surface area contributed by atoms with Crippen molar-refractivity contribution < 1.29 is 4.39 Å². The summed E-state index contributed by atoms with van der Waals surface area (Å²) < 4.78 is 15.0. The van der Waals surface area contributed by atoms with Crippen LogP contribution in [-0.4, -0.2) is 9.97 Å². The van der Waals surface area contributed by atoms with Gasteiger partial charge in [-0.2, -0.15) is 0 Å². The maximum absolute atomic E-state index is 15.0. The van der Waals surface area contributed by atoms with Crippen LogP contribution < -0.4 is 0 Å². The molecule has 3 rings (SSSR count). The minimum atomic E-state index is -0.0864. The fraction of sp³-hybridized carbons (Fsp3) is 0.655. The van der Waals surface area contributed by atoms with Crippen molar-refractivity contribution in [2.24, 2.45) is 5.92 Å². The second kappa shape index (κ2) is 13.7. The molecule has 0 amide bonds. The van der Waals surface area contributed by atoms with Crippen LogP contribution in [0.2, 0.25) is 0 Å². The minimum Gasteiger partial charge on any atom is -0.236 e. The molecule has 1 heterocycles. The van der Waals surface area contributed by atoms with Gasteiger partial charge in [-0.15, -0.1) is 0 Å². The summed E-state index contributed by atoms with van der Waals surface area (Å²) in [7, 11) is 0. The average Bonchev–Trinajstić information content (AvgIpc) is 2.82. The van der Waals surface area contributed by atoms with E-state index in [0.29, 0.717) is 11.7 Å². The fourth-order valence-electron chi connectivity index (χ4n) is 5.18. The van der Waals surface area contributed by atoms with Crippen LogP contribution in [0.3, 0.4) is 0 Å². The van der Waals surface area contributed by atoms with Gasteiger partial charge < -0.3 is 0 Å². The third-order valence-electron chi connectivity index (χ3n) is 7.29. The van der Waals surface area contributed by atoms with Crippen LogP contribution in [0.25, 0.3) is 11.4 Å². The van der Waals surface area contributed by atoms with Crippen LogP contribution in [0.5, 0.6) is 0 Å². The van der Waals surface area contributed by atoms with E-state index in [9.17, 15) is 4.39 Å². The molecule has 1 fully saturated rings. The highest BCUT2D eigenvalue weighted by Crippen LogP contribution is 2.39. The Morgan fingerprint density at radius 2 is 1.47 bits per heavy atom. The maximum Gasteiger partial charge on any atom is 0.159 e. The van der Waals surface area contributed by atoms with E-state index in [-0.39, 0.29) is 5.82 Å². The molecule has 1 aliphatic carbocycles. The van der Waals surface area contributed by atoms with E-state index in [2.05, 4.69) is 23.8 Å². The second-order valence-corrected chi connectivity index (χ2v) is 9.88. The van der Waals surface area contributed by atoms with E-state index >= 15 is 0 Å². The van der Waals surface area contributed by atoms with Crippen molar-refractivity contribution >= 4 is 0 Å². The first-order valence-electron chi connectivity index (χ1n) is 13.3. The van der Waals surface area contributed by atoms with Gasteiger partial charge in [-0.3, -0.25) is 0 Å². The summed E-state index contributed by atoms with van der Waals surface area (Å²) in [5.41, 5.74) is 2.85. The molecule has 1 aromatic carbocycles. The lowest BCUT2D eigenvalue weighted by molar-refractivity contribution is 0.299. The molecule has 176 valence electrons. The highest BCUT2D eigenvalue weighted by atomic mass is 19.1. The molecule has 32 heavy (non-hydrogen) atoms. The predicted molar refractivity (Wildman–Crippen MR) is 133 cm³/mol. The lowest BCUT2D eigenvalue weighted by atomic mass is 9.77. The summed E-state index contributed by atoms with van der Waals surface area (Å²) in [5.74, 6) is 1.76. The molecule has 2 aromatic rings. The Morgan fingerprint density at radius 1 is 0.812 bits per heavy atom. The molecule has 0 spiro atoms. The number of benzene rings is 1. The van der Waals surface area contributed by atoms with Crippen molar-refractivity contribution in [2.45, 2.75) is 116 Å². The number of hydrogen-bond donors (Lipinski definition) is 0. The Hall–Kier alpha value is -1.77. The zero-order valence-electron chi connectivity index (χ0n) is 20.4. The first-order chi connectivity index (χ1) is 15.7. The van der Waals surface area contributed by atoms with Crippen molar-refractivity contribution in [1.29, 1.82) is 0 Å². The number of rotatable bonds is 13. The van der Waals surface area contributed by atoms with Crippen LogP contribution in [-0.2, 0) is 6.42 Å². The van der Waals surface area contributed by atoms with Crippen LogP contribution in [0.15, 0.2) is 30.6 Å². The quantitative estimate of drug-likeness (QED) is 0.291. The molecule has 1 aromatic heterocycles. The van der Waals surface area contributed by atoms with Crippen LogP contribution in [0, 0.1) is 11.7 Å². The minimum absolute atomic E-state index is 0.0864. The summed E-state index contributed by atoms with van der Waals surface area (Å²) in [6, 6.07) is 5.64. The first kappa shape index (κ1) is 24.9. The lowest BCUT2D eigenvalue weighted by Gasteiger charge is -2.29. The molecular weight excluding hydrogens is 395 g/mol. The molecule has 0 atom stereocenters. The fourth-order valence-corrected chi connectivity index (χ4v) is 5.18. The number of aryl methyl sites for hydroxylation is 1.